The van der Waals surface area contributed by atoms with Crippen molar-refractivity contribution >= 4 is 52.3 Å². The summed E-state index contributed by atoms with van der Waals surface area (Å²) < 4.78 is 25.0. The van der Waals surface area contributed by atoms with Gasteiger partial charge in [0.15, 0.2) is 5.75 Å². The Bertz CT molecular complexity index is 1710. The Hall–Kier alpha value is -4.36. The van der Waals surface area contributed by atoms with Crippen LogP contribution in [0.4, 0.5) is 22.0 Å². The molecular formula is C33H39N4O5P. The normalized spacial score (nSPS) is 11.6. The molecule has 3 N–H and O–H groups in total. The molecule has 0 aliphatic rings. The molecule has 0 spiro atoms. The molecule has 43 heavy (non-hydrogen) atoms. The maximum atomic E-state index is 13.3. The molecule has 0 aliphatic carbocycles. The smallest absolute Gasteiger partial charge is 0.323 e. The zero-order chi connectivity index (χ0) is 31.4. The molecule has 10 heteroatoms. The number of fused-ring (bicyclic) bond motifs is 1. The highest BCUT2D eigenvalue weighted by Crippen LogP contribution is 2.43. The third kappa shape index (κ3) is 7.73. The second-order valence-corrected chi connectivity index (χ2v) is 14.9. The van der Waals surface area contributed by atoms with Crippen molar-refractivity contribution in [2.24, 2.45) is 0 Å². The van der Waals surface area contributed by atoms with E-state index in [1.165, 1.54) is 7.11 Å². The Balaban J connectivity index is 1.62. The van der Waals surface area contributed by atoms with Gasteiger partial charge in [0.2, 0.25) is 5.91 Å². The van der Waals surface area contributed by atoms with Crippen LogP contribution in [-0.2, 0) is 14.8 Å². The molecule has 1 heterocycles. The quantitative estimate of drug-likeness (QED) is 0.167. The van der Waals surface area contributed by atoms with Crippen molar-refractivity contribution in [3.8, 4) is 17.2 Å². The third-order valence-corrected chi connectivity index (χ3v) is 8.30. The predicted molar refractivity (Wildman–Crippen MR) is 175 cm³/mol. The second kappa shape index (κ2) is 12.9. The highest BCUT2D eigenvalue weighted by atomic mass is 31.2. The molecular weight excluding hydrogens is 563 g/mol. The van der Waals surface area contributed by atoms with Crippen molar-refractivity contribution < 1.29 is 23.6 Å². The van der Waals surface area contributed by atoms with E-state index in [9.17, 15) is 14.2 Å². The number of hydrogen-bond donors (Lipinski definition) is 3. The summed E-state index contributed by atoms with van der Waals surface area (Å²) in [5.41, 5.74) is 1.70. The van der Waals surface area contributed by atoms with E-state index >= 15 is 0 Å². The Morgan fingerprint density at radius 1 is 0.907 bits per heavy atom. The molecule has 4 rings (SSSR count). The Labute approximate surface area is 252 Å². The average Bonchev–Trinajstić information content (AvgIpc) is 2.93. The summed E-state index contributed by atoms with van der Waals surface area (Å²) >= 11 is 0. The number of hydrogen-bond acceptors (Lipinski definition) is 6. The summed E-state index contributed by atoms with van der Waals surface area (Å²) in [6, 6.07) is 17.8. The highest BCUT2D eigenvalue weighted by molar-refractivity contribution is 7.70. The van der Waals surface area contributed by atoms with E-state index in [4.69, 9.17) is 9.47 Å². The van der Waals surface area contributed by atoms with Crippen LogP contribution in [0.5, 0.6) is 17.2 Å². The van der Waals surface area contributed by atoms with Crippen LogP contribution in [0.15, 0.2) is 66.9 Å². The van der Waals surface area contributed by atoms with E-state index in [-0.39, 0.29) is 11.3 Å². The molecule has 0 radical (unpaired) electrons. The van der Waals surface area contributed by atoms with Crippen LogP contribution in [0, 0.1) is 0 Å². The van der Waals surface area contributed by atoms with Crippen molar-refractivity contribution in [1.82, 2.24) is 4.98 Å². The van der Waals surface area contributed by atoms with Gasteiger partial charge in [0, 0.05) is 29.5 Å². The van der Waals surface area contributed by atoms with E-state index in [1.807, 2.05) is 43.3 Å². The minimum Gasteiger partial charge on any atom is -0.494 e. The number of nitrogens with zero attached hydrogens (tertiary/aromatic N) is 1. The predicted octanol–water partition coefficient (Wildman–Crippen LogP) is 7.96. The number of benzene rings is 3. The fourth-order valence-corrected chi connectivity index (χ4v) is 5.75. The molecule has 0 aliphatic heterocycles. The minimum atomic E-state index is -2.72. The van der Waals surface area contributed by atoms with Crippen LogP contribution in [-0.4, -0.2) is 37.4 Å². The number of carbonyl (C=O) groups is 2. The number of carbonyl (C=O) groups excluding carboxylic acids is 2. The van der Waals surface area contributed by atoms with E-state index in [0.29, 0.717) is 46.2 Å². The number of methoxy groups -OCH3 is 1. The zero-order valence-corrected chi connectivity index (χ0v) is 26.6. The first kappa shape index (κ1) is 31.6. The lowest BCUT2D eigenvalue weighted by molar-refractivity contribution is -0.116. The second-order valence-electron chi connectivity index (χ2n) is 11.7. The minimum absolute atomic E-state index is 0.108. The van der Waals surface area contributed by atoms with E-state index in [2.05, 4.69) is 41.7 Å². The van der Waals surface area contributed by atoms with Gasteiger partial charge in [0.25, 0.3) is 0 Å². The summed E-state index contributed by atoms with van der Waals surface area (Å²) in [6.45, 7) is 11.5. The molecule has 0 atom stereocenters. The van der Waals surface area contributed by atoms with Crippen LogP contribution >= 0.6 is 7.14 Å². The average molecular weight is 603 g/mol. The number of nitrogens with one attached hydrogen (secondary N) is 3. The fraction of sp³-hybridized carbons (Fsp3) is 0.303. The summed E-state index contributed by atoms with van der Waals surface area (Å²) in [5.74, 6) is 1.77. The first-order chi connectivity index (χ1) is 20.3. The summed E-state index contributed by atoms with van der Waals surface area (Å²) in [7, 11) is -1.22. The first-order valence-electron chi connectivity index (χ1n) is 14.1. The molecule has 4 aromatic rings. The van der Waals surface area contributed by atoms with E-state index < -0.39 is 13.2 Å². The summed E-state index contributed by atoms with van der Waals surface area (Å²) in [6.07, 6.45) is 2.72. The van der Waals surface area contributed by atoms with Crippen molar-refractivity contribution in [2.75, 3.05) is 36.4 Å². The molecule has 9 nitrogen and oxygen atoms in total. The van der Waals surface area contributed by atoms with Crippen LogP contribution in [0.25, 0.3) is 10.8 Å². The molecule has 0 bridgehead atoms. The van der Waals surface area contributed by atoms with E-state index in [1.54, 1.807) is 43.8 Å². The van der Waals surface area contributed by atoms with Gasteiger partial charge < -0.3 is 30.0 Å². The number of rotatable bonds is 9. The van der Waals surface area contributed by atoms with Gasteiger partial charge in [-0.1, -0.05) is 52.0 Å². The molecule has 0 saturated heterocycles. The number of ether oxygens (including phenoxy) is 2. The molecule has 0 saturated carbocycles. The topological polar surface area (TPSA) is 119 Å². The Morgan fingerprint density at radius 2 is 1.60 bits per heavy atom. The fourth-order valence-electron chi connectivity index (χ4n) is 4.60. The Kier molecular flexibility index (Phi) is 9.46. The molecule has 3 aromatic carbocycles. The first-order valence-corrected chi connectivity index (χ1v) is 16.7. The number of aromatic nitrogens is 1. The van der Waals surface area contributed by atoms with Crippen molar-refractivity contribution in [2.45, 2.75) is 46.0 Å². The van der Waals surface area contributed by atoms with Gasteiger partial charge in [-0.05, 0) is 61.1 Å². The van der Waals surface area contributed by atoms with Gasteiger partial charge in [-0.15, -0.1) is 0 Å². The lowest BCUT2D eigenvalue weighted by Crippen LogP contribution is -2.23. The monoisotopic (exact) mass is 602 g/mol. The maximum absolute atomic E-state index is 13.3. The van der Waals surface area contributed by atoms with Crippen LogP contribution in [0.2, 0.25) is 0 Å². The van der Waals surface area contributed by atoms with Gasteiger partial charge >= 0.3 is 6.03 Å². The third-order valence-electron chi connectivity index (χ3n) is 6.80. The van der Waals surface area contributed by atoms with E-state index in [0.717, 1.165) is 22.8 Å². The standard InChI is InChI=1S/C33H39N4O5P/c1-8-11-30(38)37-29-20-22(16-17-34-29)42-27-15-14-25(23-12-9-10-13-24(23)27)35-32(39)36-26-18-21(33(2,3)4)19-28(31(26)41-5)43(6,7)40/h9-10,12-20H,8,11H2,1-7H3,(H,34,37,38)(H2,35,36,39). The SMILES string of the molecule is CCCC(=O)Nc1cc(Oc2ccc(NC(=O)Nc3cc(C(C)(C)C)cc(P(C)(C)=O)c3OC)c3ccccc23)ccn1. The van der Waals surface area contributed by atoms with Gasteiger partial charge in [-0.3, -0.25) is 4.79 Å². The van der Waals surface area contributed by atoms with Gasteiger partial charge in [-0.2, -0.15) is 0 Å². The lowest BCUT2D eigenvalue weighted by atomic mass is 9.86. The zero-order valence-electron chi connectivity index (χ0n) is 25.7. The molecule has 226 valence electrons. The number of anilines is 3. The van der Waals surface area contributed by atoms with Crippen LogP contribution in [0.1, 0.15) is 46.1 Å². The molecule has 1 aromatic heterocycles. The summed E-state index contributed by atoms with van der Waals surface area (Å²) in [4.78, 5) is 29.6. The number of urea groups is 1. The van der Waals surface area contributed by atoms with Crippen molar-refractivity contribution in [3.05, 3.63) is 72.4 Å². The van der Waals surface area contributed by atoms with Gasteiger partial charge in [0.1, 0.15) is 24.5 Å². The molecule has 3 amide bonds. The number of pyridine rings is 1. The largest absolute Gasteiger partial charge is 0.494 e. The van der Waals surface area contributed by atoms with Crippen LogP contribution < -0.4 is 30.7 Å². The number of amides is 3. The van der Waals surface area contributed by atoms with Crippen LogP contribution in [0.3, 0.4) is 0 Å². The molecule has 0 fully saturated rings. The van der Waals surface area contributed by atoms with Gasteiger partial charge in [-0.25, -0.2) is 9.78 Å². The van der Waals surface area contributed by atoms with Crippen molar-refractivity contribution in [3.63, 3.8) is 0 Å². The highest BCUT2D eigenvalue weighted by Gasteiger charge is 2.26. The lowest BCUT2D eigenvalue weighted by Gasteiger charge is -2.25. The summed E-state index contributed by atoms with van der Waals surface area (Å²) in [5, 5.41) is 10.8. The van der Waals surface area contributed by atoms with Crippen molar-refractivity contribution in [1.29, 1.82) is 0 Å². The Morgan fingerprint density at radius 3 is 2.26 bits per heavy atom. The maximum Gasteiger partial charge on any atom is 0.323 e. The molecule has 0 unspecified atom stereocenters. The van der Waals surface area contributed by atoms with Gasteiger partial charge in [0.05, 0.1) is 23.8 Å².